The van der Waals surface area contributed by atoms with Crippen molar-refractivity contribution in [1.82, 2.24) is 5.32 Å². The van der Waals surface area contributed by atoms with Crippen LogP contribution >= 0.6 is 0 Å². The lowest BCUT2D eigenvalue weighted by Crippen LogP contribution is -2.49. The summed E-state index contributed by atoms with van der Waals surface area (Å²) in [7, 11) is 0. The zero-order valence-corrected chi connectivity index (χ0v) is 11.0. The normalized spacial score (nSPS) is 20.2. The number of hydrogen-bond donors (Lipinski definition) is 2. The van der Waals surface area contributed by atoms with Crippen molar-refractivity contribution in [3.63, 3.8) is 0 Å². The number of rotatable bonds is 5. The summed E-state index contributed by atoms with van der Waals surface area (Å²) >= 11 is 0. The third kappa shape index (κ3) is 2.99. The molecule has 1 aliphatic carbocycles. The number of aliphatic carboxylic acids is 1. The van der Waals surface area contributed by atoms with Crippen molar-refractivity contribution in [1.29, 1.82) is 0 Å². The molecule has 1 rings (SSSR count). The quantitative estimate of drug-likeness (QED) is 0.775. The van der Waals surface area contributed by atoms with Crippen LogP contribution in [0.4, 0.5) is 0 Å². The zero-order chi connectivity index (χ0) is 13.1. The molecular formula is C13H23NO3. The van der Waals surface area contributed by atoms with E-state index >= 15 is 0 Å². The Morgan fingerprint density at radius 1 is 1.29 bits per heavy atom. The molecule has 2 N–H and O–H groups in total. The largest absolute Gasteiger partial charge is 0.480 e. The molecule has 0 heterocycles. The van der Waals surface area contributed by atoms with E-state index in [4.69, 9.17) is 5.11 Å². The Kier molecular flexibility index (Phi) is 4.54. The van der Waals surface area contributed by atoms with E-state index in [1.165, 1.54) is 0 Å². The fraction of sp³-hybridized carbons (Fsp3) is 0.846. The molecule has 4 nitrogen and oxygen atoms in total. The van der Waals surface area contributed by atoms with Gasteiger partial charge in [0, 0.05) is 5.41 Å². The Morgan fingerprint density at radius 2 is 1.82 bits per heavy atom. The van der Waals surface area contributed by atoms with Crippen LogP contribution in [0.3, 0.4) is 0 Å². The molecular weight excluding hydrogens is 218 g/mol. The van der Waals surface area contributed by atoms with Crippen molar-refractivity contribution in [2.75, 3.05) is 0 Å². The smallest absolute Gasteiger partial charge is 0.326 e. The number of carboxylic acid groups (broad SMARTS) is 1. The second-order valence-corrected chi connectivity index (χ2v) is 5.37. The van der Waals surface area contributed by atoms with E-state index in [0.29, 0.717) is 0 Å². The van der Waals surface area contributed by atoms with E-state index in [-0.39, 0.29) is 17.2 Å². The van der Waals surface area contributed by atoms with Gasteiger partial charge in [-0.15, -0.1) is 0 Å². The van der Waals surface area contributed by atoms with Gasteiger partial charge in [-0.2, -0.15) is 0 Å². The molecule has 17 heavy (non-hydrogen) atoms. The number of nitrogens with one attached hydrogen (secondary N) is 1. The molecule has 4 heteroatoms. The molecule has 1 unspecified atom stereocenters. The molecule has 1 atom stereocenters. The van der Waals surface area contributed by atoms with Gasteiger partial charge in [-0.25, -0.2) is 4.79 Å². The van der Waals surface area contributed by atoms with Gasteiger partial charge >= 0.3 is 5.97 Å². The molecule has 0 aromatic rings. The number of carboxylic acids is 1. The van der Waals surface area contributed by atoms with Crippen molar-refractivity contribution in [2.24, 2.45) is 11.3 Å². The lowest BCUT2D eigenvalue weighted by Gasteiger charge is -2.29. The Labute approximate surface area is 103 Å². The Morgan fingerprint density at radius 3 is 2.18 bits per heavy atom. The number of carbonyl (C=O) groups is 2. The fourth-order valence-corrected chi connectivity index (χ4v) is 2.60. The van der Waals surface area contributed by atoms with Gasteiger partial charge in [0.25, 0.3) is 0 Å². The maximum absolute atomic E-state index is 12.2. The SMILES string of the molecule is CCC1(C(=O)NC(C(=O)O)C(C)C)CCCC1. The zero-order valence-electron chi connectivity index (χ0n) is 11.0. The van der Waals surface area contributed by atoms with Gasteiger partial charge < -0.3 is 10.4 Å². The summed E-state index contributed by atoms with van der Waals surface area (Å²) in [6.07, 6.45) is 4.71. The first-order valence-electron chi connectivity index (χ1n) is 6.47. The minimum absolute atomic E-state index is 0.0707. The summed E-state index contributed by atoms with van der Waals surface area (Å²) < 4.78 is 0. The monoisotopic (exact) mass is 241 g/mol. The molecule has 1 saturated carbocycles. The van der Waals surface area contributed by atoms with Crippen LogP contribution in [0.1, 0.15) is 52.9 Å². The molecule has 1 fully saturated rings. The molecule has 0 aromatic heterocycles. The minimum atomic E-state index is -0.947. The van der Waals surface area contributed by atoms with Gasteiger partial charge in [0.1, 0.15) is 6.04 Å². The van der Waals surface area contributed by atoms with Crippen LogP contribution in [0, 0.1) is 11.3 Å². The average molecular weight is 241 g/mol. The van der Waals surface area contributed by atoms with E-state index < -0.39 is 12.0 Å². The first-order valence-corrected chi connectivity index (χ1v) is 6.47. The molecule has 1 aliphatic rings. The van der Waals surface area contributed by atoms with Crippen LogP contribution < -0.4 is 5.32 Å². The summed E-state index contributed by atoms with van der Waals surface area (Å²) in [4.78, 5) is 23.3. The maximum Gasteiger partial charge on any atom is 0.326 e. The lowest BCUT2D eigenvalue weighted by molar-refractivity contribution is -0.145. The van der Waals surface area contributed by atoms with Crippen molar-refractivity contribution in [3.05, 3.63) is 0 Å². The van der Waals surface area contributed by atoms with Crippen LogP contribution in [0.15, 0.2) is 0 Å². The number of carbonyl (C=O) groups excluding carboxylic acids is 1. The van der Waals surface area contributed by atoms with E-state index in [2.05, 4.69) is 5.32 Å². The Hall–Kier alpha value is -1.06. The molecule has 0 saturated heterocycles. The third-order valence-electron chi connectivity index (χ3n) is 3.94. The predicted molar refractivity (Wildman–Crippen MR) is 65.6 cm³/mol. The molecule has 1 amide bonds. The van der Waals surface area contributed by atoms with Crippen molar-refractivity contribution >= 4 is 11.9 Å². The molecule has 0 bridgehead atoms. The van der Waals surface area contributed by atoms with Crippen LogP contribution in [-0.2, 0) is 9.59 Å². The van der Waals surface area contributed by atoms with Crippen LogP contribution in [-0.4, -0.2) is 23.0 Å². The summed E-state index contributed by atoms with van der Waals surface area (Å²) in [5, 5.41) is 11.8. The predicted octanol–water partition coefficient (Wildman–Crippen LogP) is 2.18. The van der Waals surface area contributed by atoms with E-state index in [1.807, 2.05) is 20.8 Å². The highest BCUT2D eigenvalue weighted by molar-refractivity contribution is 5.87. The van der Waals surface area contributed by atoms with Crippen LogP contribution in [0.25, 0.3) is 0 Å². The highest BCUT2D eigenvalue weighted by Gasteiger charge is 2.41. The van der Waals surface area contributed by atoms with Gasteiger partial charge in [-0.05, 0) is 25.2 Å². The molecule has 98 valence electrons. The number of amides is 1. The van der Waals surface area contributed by atoms with Crippen molar-refractivity contribution < 1.29 is 14.7 Å². The Bertz CT molecular complexity index is 293. The average Bonchev–Trinajstić information content (AvgIpc) is 2.74. The first kappa shape index (κ1) is 14.0. The van der Waals surface area contributed by atoms with Crippen LogP contribution in [0.2, 0.25) is 0 Å². The Balaban J connectivity index is 2.72. The lowest BCUT2D eigenvalue weighted by atomic mass is 9.82. The maximum atomic E-state index is 12.2. The highest BCUT2D eigenvalue weighted by Crippen LogP contribution is 2.41. The van der Waals surface area contributed by atoms with E-state index in [1.54, 1.807) is 0 Å². The summed E-state index contributed by atoms with van der Waals surface area (Å²) in [5.41, 5.74) is -0.317. The minimum Gasteiger partial charge on any atom is -0.480 e. The van der Waals surface area contributed by atoms with Gasteiger partial charge in [0.05, 0.1) is 0 Å². The summed E-state index contributed by atoms with van der Waals surface area (Å²) in [5.74, 6) is -1.11. The topological polar surface area (TPSA) is 66.4 Å². The molecule has 0 aromatic carbocycles. The van der Waals surface area contributed by atoms with Crippen molar-refractivity contribution in [3.8, 4) is 0 Å². The van der Waals surface area contributed by atoms with E-state index in [9.17, 15) is 9.59 Å². The fourth-order valence-electron chi connectivity index (χ4n) is 2.60. The van der Waals surface area contributed by atoms with Gasteiger partial charge in [-0.3, -0.25) is 4.79 Å². The first-order chi connectivity index (χ1) is 7.93. The number of hydrogen-bond acceptors (Lipinski definition) is 2. The molecule has 0 radical (unpaired) electrons. The summed E-state index contributed by atoms with van der Waals surface area (Å²) in [6.45, 7) is 5.63. The van der Waals surface area contributed by atoms with Crippen LogP contribution in [0.5, 0.6) is 0 Å². The van der Waals surface area contributed by atoms with Gasteiger partial charge in [0.2, 0.25) is 5.91 Å². The standard InChI is InChI=1S/C13H23NO3/c1-4-13(7-5-6-8-13)12(17)14-10(9(2)3)11(15)16/h9-10H,4-8H2,1-3H3,(H,14,17)(H,15,16). The summed E-state index contributed by atoms with van der Waals surface area (Å²) in [6, 6.07) is -0.772. The van der Waals surface area contributed by atoms with Gasteiger partial charge in [-0.1, -0.05) is 33.6 Å². The van der Waals surface area contributed by atoms with E-state index in [0.717, 1.165) is 32.1 Å². The molecule has 0 spiro atoms. The highest BCUT2D eigenvalue weighted by atomic mass is 16.4. The second kappa shape index (κ2) is 5.52. The van der Waals surface area contributed by atoms with Crippen molar-refractivity contribution in [2.45, 2.75) is 58.9 Å². The molecule has 0 aliphatic heterocycles. The third-order valence-corrected chi connectivity index (χ3v) is 3.94. The second-order valence-electron chi connectivity index (χ2n) is 5.37. The van der Waals surface area contributed by atoms with Gasteiger partial charge in [0.15, 0.2) is 0 Å².